The first-order chi connectivity index (χ1) is 13.6. The molecule has 1 aliphatic carbocycles. The molecule has 3 fully saturated rings. The molecular weight excluding hydrogens is 391 g/mol. The smallest absolute Gasteiger partial charge is 0.157 e. The number of hydrogen-bond donors (Lipinski definition) is 1. The molecule has 0 radical (unpaired) electrons. The summed E-state index contributed by atoms with van der Waals surface area (Å²) in [5.74, 6) is 2.42. The Hall–Kier alpha value is -0.820. The number of thiol groups is 1. The number of ketones is 1. The predicted molar refractivity (Wildman–Crippen MR) is 118 cm³/mol. The lowest BCUT2D eigenvalue weighted by molar-refractivity contribution is -0.126. The van der Waals surface area contributed by atoms with Crippen LogP contribution in [0, 0.1) is 11.7 Å². The van der Waals surface area contributed by atoms with E-state index >= 15 is 0 Å². The van der Waals surface area contributed by atoms with E-state index in [1.54, 1.807) is 12.1 Å². The molecule has 0 spiro atoms. The van der Waals surface area contributed by atoms with Gasteiger partial charge in [0.05, 0.1) is 6.04 Å². The van der Waals surface area contributed by atoms with Crippen molar-refractivity contribution >= 4 is 30.2 Å². The van der Waals surface area contributed by atoms with Gasteiger partial charge >= 0.3 is 0 Å². The average Bonchev–Trinajstić information content (AvgIpc) is 3.56. The van der Waals surface area contributed by atoms with Crippen molar-refractivity contribution in [2.75, 3.05) is 44.2 Å². The SMILES string of the molecule is O=C(C1CC1)C(c1ccccc1F)N1CCC(S)C(=CCN2CCSCC2)C1. The minimum atomic E-state index is -0.468. The molecule has 4 rings (SSSR count). The number of nitrogens with zero attached hydrogens (tertiary/aromatic N) is 2. The molecule has 0 aromatic heterocycles. The van der Waals surface area contributed by atoms with Gasteiger partial charge in [-0.25, -0.2) is 4.39 Å². The maximum absolute atomic E-state index is 14.6. The van der Waals surface area contributed by atoms with Crippen LogP contribution in [0.2, 0.25) is 0 Å². The highest BCUT2D eigenvalue weighted by atomic mass is 32.2. The Morgan fingerprint density at radius 3 is 2.68 bits per heavy atom. The van der Waals surface area contributed by atoms with Crippen molar-refractivity contribution < 1.29 is 9.18 Å². The van der Waals surface area contributed by atoms with Crippen LogP contribution in [0.4, 0.5) is 4.39 Å². The van der Waals surface area contributed by atoms with E-state index in [0.717, 1.165) is 45.4 Å². The van der Waals surface area contributed by atoms with Crippen LogP contribution in [0.3, 0.4) is 0 Å². The quantitative estimate of drug-likeness (QED) is 0.558. The predicted octanol–water partition coefficient (Wildman–Crippen LogP) is 3.83. The Morgan fingerprint density at radius 1 is 1.21 bits per heavy atom. The number of benzene rings is 1. The second-order valence-corrected chi connectivity index (χ2v) is 9.92. The van der Waals surface area contributed by atoms with Gasteiger partial charge in [0.2, 0.25) is 0 Å². The van der Waals surface area contributed by atoms with Gasteiger partial charge in [0.15, 0.2) is 5.78 Å². The second-order valence-electron chi connectivity index (χ2n) is 8.07. The fraction of sp³-hybridized carbons (Fsp3) is 0.591. The molecule has 2 heterocycles. The standard InChI is InChI=1S/C22H29FN2OS2/c23-19-4-2-1-3-18(19)21(22(26)16-5-6-16)25-10-8-20(27)17(15-25)7-9-24-11-13-28-14-12-24/h1-4,7,16,20-21,27H,5-6,8-15H2. The first-order valence-electron chi connectivity index (χ1n) is 10.3. The first-order valence-corrected chi connectivity index (χ1v) is 12.0. The summed E-state index contributed by atoms with van der Waals surface area (Å²) >= 11 is 6.82. The lowest BCUT2D eigenvalue weighted by Crippen LogP contribution is -2.43. The summed E-state index contributed by atoms with van der Waals surface area (Å²) in [5.41, 5.74) is 1.81. The number of carbonyl (C=O) groups excluding carboxylic acids is 1. The van der Waals surface area contributed by atoms with Crippen LogP contribution in [0.25, 0.3) is 0 Å². The summed E-state index contributed by atoms with van der Waals surface area (Å²) in [6, 6.07) is 6.31. The number of thioether (sulfide) groups is 1. The molecule has 0 bridgehead atoms. The molecule has 1 saturated carbocycles. The molecule has 2 saturated heterocycles. The average molecular weight is 421 g/mol. The Kier molecular flexibility index (Phi) is 6.81. The van der Waals surface area contributed by atoms with Crippen molar-refractivity contribution in [3.63, 3.8) is 0 Å². The maximum Gasteiger partial charge on any atom is 0.157 e. The fourth-order valence-electron chi connectivity index (χ4n) is 4.16. The minimum Gasteiger partial charge on any atom is -0.298 e. The van der Waals surface area contributed by atoms with Gasteiger partial charge in [0, 0.05) is 61.0 Å². The largest absolute Gasteiger partial charge is 0.298 e. The molecule has 0 amide bonds. The minimum absolute atomic E-state index is 0.108. The summed E-state index contributed by atoms with van der Waals surface area (Å²) < 4.78 is 14.6. The van der Waals surface area contributed by atoms with Crippen LogP contribution in [-0.2, 0) is 4.79 Å². The lowest BCUT2D eigenvalue weighted by Gasteiger charge is -2.38. The number of carbonyl (C=O) groups is 1. The summed E-state index contributed by atoms with van der Waals surface area (Å²) in [4.78, 5) is 17.8. The van der Waals surface area contributed by atoms with Gasteiger partial charge in [0.1, 0.15) is 5.82 Å². The normalized spacial score (nSPS) is 27.1. The monoisotopic (exact) mass is 420 g/mol. The molecule has 2 atom stereocenters. The molecule has 28 heavy (non-hydrogen) atoms. The van der Waals surface area contributed by atoms with Crippen LogP contribution in [0.15, 0.2) is 35.9 Å². The van der Waals surface area contributed by atoms with E-state index in [4.69, 9.17) is 12.6 Å². The maximum atomic E-state index is 14.6. The van der Waals surface area contributed by atoms with Gasteiger partial charge in [-0.05, 0) is 30.9 Å². The van der Waals surface area contributed by atoms with Crippen molar-refractivity contribution in [1.29, 1.82) is 0 Å². The van der Waals surface area contributed by atoms with Crippen molar-refractivity contribution in [2.24, 2.45) is 5.92 Å². The van der Waals surface area contributed by atoms with Crippen molar-refractivity contribution in [3.8, 4) is 0 Å². The van der Waals surface area contributed by atoms with E-state index in [0.29, 0.717) is 12.1 Å². The first kappa shape index (κ1) is 20.5. The van der Waals surface area contributed by atoms with Crippen LogP contribution in [0.5, 0.6) is 0 Å². The zero-order valence-electron chi connectivity index (χ0n) is 16.2. The van der Waals surface area contributed by atoms with E-state index in [1.165, 1.54) is 23.1 Å². The highest BCUT2D eigenvalue weighted by Crippen LogP contribution is 2.39. The topological polar surface area (TPSA) is 23.6 Å². The van der Waals surface area contributed by atoms with E-state index in [-0.39, 0.29) is 22.8 Å². The molecule has 3 nitrogen and oxygen atoms in total. The van der Waals surface area contributed by atoms with Crippen molar-refractivity contribution in [2.45, 2.75) is 30.6 Å². The Morgan fingerprint density at radius 2 is 1.96 bits per heavy atom. The van der Waals surface area contributed by atoms with Crippen molar-refractivity contribution in [1.82, 2.24) is 9.80 Å². The number of piperidine rings is 1. The van der Waals surface area contributed by atoms with E-state index in [2.05, 4.69) is 15.9 Å². The Bertz CT molecular complexity index is 731. The van der Waals surface area contributed by atoms with E-state index in [1.807, 2.05) is 17.8 Å². The summed E-state index contributed by atoms with van der Waals surface area (Å²) in [6.45, 7) is 4.69. The molecule has 152 valence electrons. The summed E-state index contributed by atoms with van der Waals surface area (Å²) in [7, 11) is 0. The zero-order chi connectivity index (χ0) is 19.5. The number of halogens is 1. The zero-order valence-corrected chi connectivity index (χ0v) is 17.9. The number of Topliss-reactive ketones (excluding diaryl/α,β-unsaturated/α-hetero) is 1. The Balaban J connectivity index is 1.53. The van der Waals surface area contributed by atoms with Gasteiger partial charge in [-0.2, -0.15) is 24.4 Å². The molecule has 1 aromatic rings. The number of rotatable bonds is 6. The molecule has 0 N–H and O–H groups in total. The van der Waals surface area contributed by atoms with E-state index in [9.17, 15) is 9.18 Å². The summed E-state index contributed by atoms with van der Waals surface area (Å²) in [6.07, 6.45) is 5.10. The van der Waals surface area contributed by atoms with E-state index < -0.39 is 6.04 Å². The van der Waals surface area contributed by atoms with Crippen LogP contribution < -0.4 is 0 Å². The Labute approximate surface area is 177 Å². The molecule has 2 aliphatic heterocycles. The van der Waals surface area contributed by atoms with Gasteiger partial charge in [0.25, 0.3) is 0 Å². The van der Waals surface area contributed by atoms with Crippen LogP contribution in [-0.4, -0.2) is 65.1 Å². The molecule has 2 unspecified atom stereocenters. The van der Waals surface area contributed by atoms with Crippen LogP contribution >= 0.6 is 24.4 Å². The third-order valence-corrected chi connectivity index (χ3v) is 7.57. The van der Waals surface area contributed by atoms with Crippen LogP contribution in [0.1, 0.15) is 30.9 Å². The molecule has 6 heteroatoms. The number of hydrogen-bond acceptors (Lipinski definition) is 5. The van der Waals surface area contributed by atoms with Crippen molar-refractivity contribution in [3.05, 3.63) is 47.3 Å². The summed E-state index contributed by atoms with van der Waals surface area (Å²) in [5, 5.41) is 0.229. The molecule has 1 aromatic carbocycles. The van der Waals surface area contributed by atoms with Gasteiger partial charge in [-0.15, -0.1) is 0 Å². The number of likely N-dealkylation sites (tertiary alicyclic amines) is 1. The lowest BCUT2D eigenvalue weighted by atomic mass is 9.93. The highest BCUT2D eigenvalue weighted by Gasteiger charge is 2.40. The third-order valence-electron chi connectivity index (χ3n) is 6.03. The highest BCUT2D eigenvalue weighted by molar-refractivity contribution is 7.99. The second kappa shape index (κ2) is 9.33. The molecule has 3 aliphatic rings. The van der Waals surface area contributed by atoms with Gasteiger partial charge in [-0.1, -0.05) is 24.3 Å². The fourth-order valence-corrected chi connectivity index (χ4v) is 5.44. The third kappa shape index (κ3) is 4.84. The van der Waals surface area contributed by atoms with Gasteiger partial charge in [-0.3, -0.25) is 14.6 Å². The molecular formula is C22H29FN2OS2. The van der Waals surface area contributed by atoms with Gasteiger partial charge < -0.3 is 0 Å².